The Morgan fingerprint density at radius 1 is 1.07 bits per heavy atom. The number of hydrogen-bond donors (Lipinski definition) is 7. The molecule has 2 rings (SSSR count). The molecule has 7 N–H and O–H groups in total. The zero-order valence-electron chi connectivity index (χ0n) is 15.4. The predicted octanol–water partition coefficient (Wildman–Crippen LogP) is -4.40. The summed E-state index contributed by atoms with van der Waals surface area (Å²) in [6.07, 6.45) is -14.3. The van der Waals surface area contributed by atoms with Gasteiger partial charge in [-0.25, -0.2) is 4.18 Å². The maximum absolute atomic E-state index is 11.6. The molecule has 0 spiro atoms. The molecule has 29 heavy (non-hydrogen) atoms. The van der Waals surface area contributed by atoms with Crippen molar-refractivity contribution in [1.29, 1.82) is 0 Å². The maximum atomic E-state index is 11.6. The number of hydrogen-bond acceptors (Lipinski definition) is 12. The van der Waals surface area contributed by atoms with E-state index in [-0.39, 0.29) is 0 Å². The molecule has 0 aromatic rings. The molecule has 15 heteroatoms. The van der Waals surface area contributed by atoms with Gasteiger partial charge in [0.25, 0.3) is 0 Å². The van der Waals surface area contributed by atoms with Crippen molar-refractivity contribution >= 4 is 16.3 Å². The van der Waals surface area contributed by atoms with Crippen molar-refractivity contribution < 1.29 is 61.7 Å². The van der Waals surface area contributed by atoms with Crippen LogP contribution in [0.3, 0.4) is 0 Å². The van der Waals surface area contributed by atoms with Crippen LogP contribution in [0.1, 0.15) is 13.8 Å². The summed E-state index contributed by atoms with van der Waals surface area (Å²) in [5.41, 5.74) is 0. The molecule has 0 aromatic carbocycles. The van der Waals surface area contributed by atoms with Crippen LogP contribution in [-0.4, -0.2) is 112 Å². The molecule has 14 nitrogen and oxygen atoms in total. The SMILES string of the molecule is CC(=O)N[C@H]1[C@H](O[C@@H]2[C@H](O)[C@H](C)O[C@@H](O)[C@H]2O)O[C@H](CO)[C@@H](O)[C@@H]1OS(=O)(=O)O. The Morgan fingerprint density at radius 2 is 1.69 bits per heavy atom. The molecule has 0 aromatic heterocycles. The Labute approximate surface area is 165 Å². The highest BCUT2D eigenvalue weighted by Crippen LogP contribution is 2.30. The third kappa shape index (κ3) is 5.80. The minimum atomic E-state index is -5.12. The lowest BCUT2D eigenvalue weighted by atomic mass is 9.95. The van der Waals surface area contributed by atoms with Gasteiger partial charge in [-0.3, -0.25) is 9.35 Å². The van der Waals surface area contributed by atoms with Crippen molar-refractivity contribution in [3.8, 4) is 0 Å². The average Bonchev–Trinajstić information content (AvgIpc) is 2.60. The summed E-state index contributed by atoms with van der Waals surface area (Å²) in [6.45, 7) is 1.60. The number of carbonyl (C=O) groups is 1. The van der Waals surface area contributed by atoms with Crippen LogP contribution in [-0.2, 0) is 33.6 Å². The summed E-state index contributed by atoms with van der Waals surface area (Å²) in [7, 11) is -5.12. The van der Waals surface area contributed by atoms with Crippen molar-refractivity contribution in [2.45, 2.75) is 75.2 Å². The first-order chi connectivity index (χ1) is 13.4. The molecular weight excluding hydrogens is 422 g/mol. The molecule has 170 valence electrons. The van der Waals surface area contributed by atoms with Crippen LogP contribution >= 0.6 is 0 Å². The molecule has 0 bridgehead atoms. The average molecular weight is 447 g/mol. The fourth-order valence-electron chi connectivity index (χ4n) is 3.15. The van der Waals surface area contributed by atoms with E-state index in [0.717, 1.165) is 6.92 Å². The number of ether oxygens (including phenoxy) is 3. The van der Waals surface area contributed by atoms with Crippen molar-refractivity contribution in [3.63, 3.8) is 0 Å². The number of aliphatic hydroxyl groups excluding tert-OH is 5. The Morgan fingerprint density at radius 3 is 2.21 bits per heavy atom. The molecular formula is C14H25NO13S. The molecule has 10 atom stereocenters. The number of carbonyl (C=O) groups excluding carboxylic acids is 1. The van der Waals surface area contributed by atoms with Crippen LogP contribution in [0.25, 0.3) is 0 Å². The van der Waals surface area contributed by atoms with Crippen LogP contribution in [0.5, 0.6) is 0 Å². The molecule has 2 heterocycles. The van der Waals surface area contributed by atoms with E-state index in [2.05, 4.69) is 9.50 Å². The van der Waals surface area contributed by atoms with Gasteiger partial charge in [-0.1, -0.05) is 0 Å². The Hall–Kier alpha value is -0.980. The summed E-state index contributed by atoms with van der Waals surface area (Å²) in [6, 6.07) is -1.57. The van der Waals surface area contributed by atoms with E-state index in [1.54, 1.807) is 0 Å². The van der Waals surface area contributed by atoms with Crippen LogP contribution in [0, 0.1) is 0 Å². The minimum Gasteiger partial charge on any atom is -0.394 e. The second-order valence-corrected chi connectivity index (χ2v) is 7.79. The summed E-state index contributed by atoms with van der Waals surface area (Å²) in [4.78, 5) is 11.6. The topological polar surface area (TPSA) is 222 Å². The van der Waals surface area contributed by atoms with Crippen molar-refractivity contribution in [3.05, 3.63) is 0 Å². The predicted molar refractivity (Wildman–Crippen MR) is 89.2 cm³/mol. The number of nitrogens with one attached hydrogen (secondary N) is 1. The van der Waals surface area contributed by atoms with Gasteiger partial charge in [0, 0.05) is 6.92 Å². The summed E-state index contributed by atoms with van der Waals surface area (Å²) in [5, 5.41) is 51.9. The van der Waals surface area contributed by atoms with Crippen LogP contribution in [0.4, 0.5) is 0 Å². The number of rotatable bonds is 6. The third-order valence-corrected chi connectivity index (χ3v) is 5.01. The Kier molecular flexibility index (Phi) is 7.91. The monoisotopic (exact) mass is 447 g/mol. The van der Waals surface area contributed by atoms with Gasteiger partial charge in [0.15, 0.2) is 12.6 Å². The summed E-state index contributed by atoms with van der Waals surface area (Å²) in [5.74, 6) is -0.729. The highest BCUT2D eigenvalue weighted by Gasteiger charge is 2.52. The standard InChI is InChI=1S/C14H25NO13S/c1-4-8(18)12(10(20)13(21)25-4)27-14-7(15-5(2)17)11(28-29(22,23)24)9(19)6(3-16)26-14/h4,6-14,16,18-21H,3H2,1-2H3,(H,15,17)(H,22,23,24)/t4-,6+,7+,8+,9+,10-,11+,12+,13+,14-/m0/s1. The first kappa shape index (κ1) is 24.3. The van der Waals surface area contributed by atoms with Crippen LogP contribution in [0.2, 0.25) is 0 Å². The zero-order valence-corrected chi connectivity index (χ0v) is 16.2. The molecule has 1 amide bonds. The van der Waals surface area contributed by atoms with Crippen LogP contribution < -0.4 is 5.32 Å². The smallest absolute Gasteiger partial charge is 0.394 e. The van der Waals surface area contributed by atoms with Crippen molar-refractivity contribution in [2.24, 2.45) is 0 Å². The molecule has 0 unspecified atom stereocenters. The lowest BCUT2D eigenvalue weighted by molar-refractivity contribution is -0.336. The number of amides is 1. The fourth-order valence-corrected chi connectivity index (χ4v) is 3.67. The first-order valence-electron chi connectivity index (χ1n) is 8.58. The molecule has 0 radical (unpaired) electrons. The molecule has 0 aliphatic carbocycles. The summed E-state index contributed by atoms with van der Waals surface area (Å²) >= 11 is 0. The largest absolute Gasteiger partial charge is 0.397 e. The fraction of sp³-hybridized carbons (Fsp3) is 0.929. The highest BCUT2D eigenvalue weighted by molar-refractivity contribution is 7.80. The zero-order chi connectivity index (χ0) is 22.1. The molecule has 2 aliphatic rings. The van der Waals surface area contributed by atoms with Crippen LogP contribution in [0.15, 0.2) is 0 Å². The van der Waals surface area contributed by atoms with Gasteiger partial charge in [-0.2, -0.15) is 8.42 Å². The third-order valence-electron chi connectivity index (χ3n) is 4.55. The normalized spacial score (nSPS) is 43.7. The Bertz CT molecular complexity index is 660. The molecule has 2 saturated heterocycles. The van der Waals surface area contributed by atoms with E-state index >= 15 is 0 Å². The Balaban J connectivity index is 2.35. The van der Waals surface area contributed by atoms with Gasteiger partial charge < -0.3 is 45.1 Å². The van der Waals surface area contributed by atoms with E-state index in [1.807, 2.05) is 0 Å². The first-order valence-corrected chi connectivity index (χ1v) is 9.94. The van der Waals surface area contributed by atoms with Crippen molar-refractivity contribution in [1.82, 2.24) is 5.32 Å². The van der Waals surface area contributed by atoms with Gasteiger partial charge in [0.05, 0.1) is 12.7 Å². The van der Waals surface area contributed by atoms with E-state index in [4.69, 9.17) is 18.8 Å². The lowest BCUT2D eigenvalue weighted by Crippen LogP contribution is -2.68. The van der Waals surface area contributed by atoms with Gasteiger partial charge >= 0.3 is 10.4 Å². The quantitative estimate of drug-likeness (QED) is 0.191. The molecule has 2 fully saturated rings. The second kappa shape index (κ2) is 9.44. The van der Waals surface area contributed by atoms with Gasteiger partial charge in [-0.05, 0) is 6.92 Å². The van der Waals surface area contributed by atoms with Crippen molar-refractivity contribution in [2.75, 3.05) is 6.61 Å². The van der Waals surface area contributed by atoms with E-state index in [1.165, 1.54) is 6.92 Å². The highest BCUT2D eigenvalue weighted by atomic mass is 32.3. The minimum absolute atomic E-state index is 0.729. The van der Waals surface area contributed by atoms with E-state index in [9.17, 15) is 38.7 Å². The molecule has 0 saturated carbocycles. The van der Waals surface area contributed by atoms with Gasteiger partial charge in [-0.15, -0.1) is 0 Å². The second-order valence-electron chi connectivity index (χ2n) is 6.74. The van der Waals surface area contributed by atoms with Gasteiger partial charge in [0.1, 0.15) is 42.7 Å². The number of aliphatic hydroxyl groups is 5. The maximum Gasteiger partial charge on any atom is 0.397 e. The van der Waals surface area contributed by atoms with E-state index < -0.39 is 84.3 Å². The molecule has 2 aliphatic heterocycles. The summed E-state index contributed by atoms with van der Waals surface area (Å²) < 4.78 is 51.6. The lowest BCUT2D eigenvalue weighted by Gasteiger charge is -2.46. The van der Waals surface area contributed by atoms with Gasteiger partial charge in [0.2, 0.25) is 5.91 Å². The van der Waals surface area contributed by atoms with E-state index in [0.29, 0.717) is 0 Å².